The molecule has 0 nitrogen and oxygen atoms in total. The molecule has 0 aliphatic heterocycles. The van der Waals surface area contributed by atoms with Gasteiger partial charge in [-0.25, -0.2) is 0 Å². The van der Waals surface area contributed by atoms with E-state index in [-0.39, 0.29) is 24.0 Å². The molecule has 0 N–H and O–H groups in total. The Morgan fingerprint density at radius 1 is 0.417 bits per heavy atom. The summed E-state index contributed by atoms with van der Waals surface area (Å²) in [6, 6.07) is 0. The molecule has 0 unspecified atom stereocenters. The highest BCUT2D eigenvalue weighted by molar-refractivity contribution is 7.75. The summed E-state index contributed by atoms with van der Waals surface area (Å²) < 4.78 is 0. The molecule has 0 aliphatic rings. The van der Waals surface area contributed by atoms with Gasteiger partial charge in [0.2, 0.25) is 0 Å². The standard InChI is InChI=1S/C22H48P.HI/c1-5-8-11-14-17-20-23(4,21-18-15-12-9-6-2)22-19-16-13-10-7-3;/h5-22H2,1-4H3;1H/q+1;/p-1. The van der Waals surface area contributed by atoms with Crippen LogP contribution in [0.3, 0.4) is 0 Å². The summed E-state index contributed by atoms with van der Waals surface area (Å²) in [4.78, 5) is 0. The predicted octanol–water partition coefficient (Wildman–Crippen LogP) is 5.55. The van der Waals surface area contributed by atoms with Crippen LogP contribution in [0.15, 0.2) is 0 Å². The molecule has 0 aliphatic carbocycles. The second-order valence-electron chi connectivity index (χ2n) is 8.03. The van der Waals surface area contributed by atoms with Crippen LogP contribution >= 0.6 is 7.26 Å². The number of hydrogen-bond acceptors (Lipinski definition) is 0. The Kier molecular flexibility index (Phi) is 23.4. The minimum absolute atomic E-state index is 0. The fourth-order valence-electron chi connectivity index (χ4n) is 3.63. The Labute approximate surface area is 173 Å². The van der Waals surface area contributed by atoms with Crippen LogP contribution in [0.1, 0.15) is 117 Å². The SMILES string of the molecule is CCCCCCC[P+](C)(CCCCCCC)CCCCCCC.[I-]. The molecule has 0 aromatic carbocycles. The van der Waals surface area contributed by atoms with Crippen LogP contribution in [0.5, 0.6) is 0 Å². The van der Waals surface area contributed by atoms with Crippen molar-refractivity contribution in [2.75, 3.05) is 25.2 Å². The summed E-state index contributed by atoms with van der Waals surface area (Å²) in [5, 5.41) is 0. The maximum absolute atomic E-state index is 2.71. The highest BCUT2D eigenvalue weighted by Gasteiger charge is 2.29. The van der Waals surface area contributed by atoms with Crippen LogP contribution in [0, 0.1) is 0 Å². The van der Waals surface area contributed by atoms with Gasteiger partial charge >= 0.3 is 0 Å². The molecule has 0 rings (SSSR count). The Bertz CT molecular complexity index is 194. The molecule has 0 aromatic rings. The molecule has 0 amide bonds. The molecular formula is C22H48IP. The van der Waals surface area contributed by atoms with E-state index in [0.29, 0.717) is 0 Å². The molecule has 0 heterocycles. The first-order chi connectivity index (χ1) is 11.2. The van der Waals surface area contributed by atoms with Crippen molar-refractivity contribution in [3.8, 4) is 0 Å². The van der Waals surface area contributed by atoms with Crippen molar-refractivity contribution >= 4 is 7.26 Å². The van der Waals surface area contributed by atoms with E-state index < -0.39 is 7.26 Å². The smallest absolute Gasteiger partial charge is 0.0591 e. The van der Waals surface area contributed by atoms with Crippen LogP contribution in [0.25, 0.3) is 0 Å². The molecule has 0 radical (unpaired) electrons. The van der Waals surface area contributed by atoms with Crippen molar-refractivity contribution in [3.05, 3.63) is 0 Å². The molecule has 0 spiro atoms. The quantitative estimate of drug-likeness (QED) is 0.140. The first-order valence-corrected chi connectivity index (χ1v) is 13.8. The molecule has 0 atom stereocenters. The van der Waals surface area contributed by atoms with Gasteiger partial charge in [0.1, 0.15) is 0 Å². The van der Waals surface area contributed by atoms with Gasteiger partial charge in [-0.3, -0.25) is 0 Å². The summed E-state index contributed by atoms with van der Waals surface area (Å²) in [7, 11) is -0.615. The zero-order valence-electron chi connectivity index (χ0n) is 17.6. The molecule has 0 saturated carbocycles. The van der Waals surface area contributed by atoms with Crippen LogP contribution in [0.4, 0.5) is 0 Å². The molecule has 24 heavy (non-hydrogen) atoms. The van der Waals surface area contributed by atoms with Crippen molar-refractivity contribution < 1.29 is 24.0 Å². The maximum Gasteiger partial charge on any atom is 0.0591 e. The highest BCUT2D eigenvalue weighted by Crippen LogP contribution is 2.57. The van der Waals surface area contributed by atoms with Gasteiger partial charge < -0.3 is 24.0 Å². The molecular weight excluding hydrogens is 422 g/mol. The van der Waals surface area contributed by atoms with Gasteiger partial charge in [0.15, 0.2) is 0 Å². The summed E-state index contributed by atoms with van der Waals surface area (Å²) in [5.41, 5.74) is 0. The van der Waals surface area contributed by atoms with Crippen LogP contribution in [0.2, 0.25) is 0 Å². The lowest BCUT2D eigenvalue weighted by Gasteiger charge is -2.23. The van der Waals surface area contributed by atoms with E-state index in [0.717, 1.165) is 0 Å². The van der Waals surface area contributed by atoms with Crippen molar-refractivity contribution in [1.29, 1.82) is 0 Å². The minimum atomic E-state index is -0.615. The second-order valence-corrected chi connectivity index (χ2v) is 12.6. The molecule has 0 bridgehead atoms. The van der Waals surface area contributed by atoms with E-state index >= 15 is 0 Å². The summed E-state index contributed by atoms with van der Waals surface area (Å²) in [6.07, 6.45) is 26.7. The van der Waals surface area contributed by atoms with Crippen molar-refractivity contribution in [1.82, 2.24) is 0 Å². The number of unbranched alkanes of at least 4 members (excludes halogenated alkanes) is 12. The van der Waals surface area contributed by atoms with Crippen LogP contribution in [-0.4, -0.2) is 25.2 Å². The Morgan fingerprint density at radius 3 is 0.917 bits per heavy atom. The van der Waals surface area contributed by atoms with Gasteiger partial charge in [-0.15, -0.1) is 0 Å². The molecule has 148 valence electrons. The second kappa shape index (κ2) is 20.5. The highest BCUT2D eigenvalue weighted by atomic mass is 127. The van der Waals surface area contributed by atoms with Gasteiger partial charge in [-0.05, 0) is 38.5 Å². The monoisotopic (exact) mass is 470 g/mol. The lowest BCUT2D eigenvalue weighted by molar-refractivity contribution is -0.00000538. The Morgan fingerprint density at radius 2 is 0.667 bits per heavy atom. The van der Waals surface area contributed by atoms with E-state index in [2.05, 4.69) is 27.4 Å². The van der Waals surface area contributed by atoms with E-state index in [9.17, 15) is 0 Å². The lowest BCUT2D eigenvalue weighted by atomic mass is 10.2. The largest absolute Gasteiger partial charge is 1.00 e. The Balaban J connectivity index is 0. The lowest BCUT2D eigenvalue weighted by Crippen LogP contribution is -3.00. The zero-order chi connectivity index (χ0) is 17.2. The van der Waals surface area contributed by atoms with Crippen molar-refractivity contribution in [2.24, 2.45) is 0 Å². The zero-order valence-corrected chi connectivity index (χ0v) is 20.6. The summed E-state index contributed by atoms with van der Waals surface area (Å²) >= 11 is 0. The van der Waals surface area contributed by atoms with Gasteiger partial charge in [0.05, 0.1) is 18.5 Å². The average molecular weight is 471 g/mol. The summed E-state index contributed by atoms with van der Waals surface area (Å²) in [6.45, 7) is 9.68. The van der Waals surface area contributed by atoms with E-state index in [4.69, 9.17) is 0 Å². The number of hydrogen-bond donors (Lipinski definition) is 0. The van der Waals surface area contributed by atoms with Crippen LogP contribution in [-0.2, 0) is 0 Å². The minimum Gasteiger partial charge on any atom is -1.00 e. The fraction of sp³-hybridized carbons (Fsp3) is 1.00. The van der Waals surface area contributed by atoms with Gasteiger partial charge in [-0.1, -0.05) is 78.6 Å². The summed E-state index contributed by atoms with van der Waals surface area (Å²) in [5.74, 6) is 0. The Hall–Kier alpha value is 1.16. The third-order valence-corrected chi connectivity index (χ3v) is 9.59. The van der Waals surface area contributed by atoms with Crippen molar-refractivity contribution in [2.45, 2.75) is 117 Å². The van der Waals surface area contributed by atoms with E-state index in [1.54, 1.807) is 18.5 Å². The van der Waals surface area contributed by atoms with Crippen LogP contribution < -0.4 is 24.0 Å². The van der Waals surface area contributed by atoms with Gasteiger partial charge in [-0.2, -0.15) is 0 Å². The average Bonchev–Trinajstić information content (AvgIpc) is 2.54. The fourth-order valence-corrected chi connectivity index (χ4v) is 7.26. The molecule has 0 aromatic heterocycles. The van der Waals surface area contributed by atoms with E-state index in [1.165, 1.54) is 96.3 Å². The number of halogens is 1. The molecule has 0 fully saturated rings. The topological polar surface area (TPSA) is 0 Å². The normalized spacial score (nSPS) is 11.5. The van der Waals surface area contributed by atoms with E-state index in [1.807, 2.05) is 0 Å². The molecule has 0 saturated heterocycles. The predicted molar refractivity (Wildman–Crippen MR) is 114 cm³/mol. The first-order valence-electron chi connectivity index (χ1n) is 11.0. The maximum atomic E-state index is 2.71. The third-order valence-electron chi connectivity index (χ3n) is 5.40. The van der Waals surface area contributed by atoms with Gasteiger partial charge in [0.25, 0.3) is 0 Å². The third kappa shape index (κ3) is 18.0. The molecule has 2 heteroatoms. The van der Waals surface area contributed by atoms with Gasteiger partial charge in [0, 0.05) is 13.9 Å². The van der Waals surface area contributed by atoms with Crippen molar-refractivity contribution in [3.63, 3.8) is 0 Å². The number of rotatable bonds is 18. The first kappa shape index (κ1) is 27.4.